The first-order valence-corrected chi connectivity index (χ1v) is 11.2. The number of halogens is 1. The van der Waals surface area contributed by atoms with E-state index in [0.29, 0.717) is 12.2 Å². The van der Waals surface area contributed by atoms with Gasteiger partial charge in [0.15, 0.2) is 6.61 Å². The molecule has 30 heavy (non-hydrogen) atoms. The largest absolute Gasteiger partial charge is 0.452 e. The lowest BCUT2D eigenvalue weighted by molar-refractivity contribution is -0.121. The second-order valence-electron chi connectivity index (χ2n) is 7.55. The van der Waals surface area contributed by atoms with Crippen LogP contribution in [0.1, 0.15) is 38.1 Å². The summed E-state index contributed by atoms with van der Waals surface area (Å²) in [6.45, 7) is 6.80. The quantitative estimate of drug-likeness (QED) is 0.647. The van der Waals surface area contributed by atoms with Crippen LogP contribution in [0, 0.1) is 0 Å². The Hall–Kier alpha value is -2.42. The number of hydrogen-bond donors (Lipinski definition) is 1. The molecule has 0 aliphatic heterocycles. The van der Waals surface area contributed by atoms with Crippen LogP contribution in [0.15, 0.2) is 53.4 Å². The van der Waals surface area contributed by atoms with Crippen LogP contribution in [0.2, 0.25) is 5.02 Å². The number of sulfonamides is 1. The van der Waals surface area contributed by atoms with Gasteiger partial charge < -0.3 is 9.64 Å². The van der Waals surface area contributed by atoms with Gasteiger partial charge in [0.2, 0.25) is 10.0 Å². The molecule has 9 heteroatoms. The number of carbonyl (C=O) groups excluding carboxylic acids is 2. The molecule has 0 saturated heterocycles. The van der Waals surface area contributed by atoms with E-state index in [0.717, 1.165) is 6.07 Å². The Kier molecular flexibility index (Phi) is 7.63. The third kappa shape index (κ3) is 6.29. The molecular weight excluding hydrogens is 428 g/mol. The fraction of sp³-hybridized carbons (Fsp3) is 0.333. The van der Waals surface area contributed by atoms with Gasteiger partial charge in [-0.1, -0.05) is 29.8 Å². The normalized spacial score (nSPS) is 11.8. The molecule has 0 aromatic heterocycles. The van der Waals surface area contributed by atoms with Crippen molar-refractivity contribution in [1.82, 2.24) is 4.72 Å². The summed E-state index contributed by atoms with van der Waals surface area (Å²) in [6.07, 6.45) is 0. The highest BCUT2D eigenvalue weighted by molar-refractivity contribution is 7.89. The zero-order valence-electron chi connectivity index (χ0n) is 17.3. The van der Waals surface area contributed by atoms with Crippen molar-refractivity contribution in [2.24, 2.45) is 0 Å². The van der Waals surface area contributed by atoms with E-state index in [1.165, 1.54) is 17.0 Å². The van der Waals surface area contributed by atoms with E-state index in [-0.39, 0.29) is 15.5 Å². The molecule has 0 fully saturated rings. The molecule has 0 radical (unpaired) electrons. The van der Waals surface area contributed by atoms with E-state index >= 15 is 0 Å². The zero-order valence-corrected chi connectivity index (χ0v) is 18.9. The maximum atomic E-state index is 12.6. The monoisotopic (exact) mass is 452 g/mol. The highest BCUT2D eigenvalue weighted by Crippen LogP contribution is 2.24. The first kappa shape index (κ1) is 23.9. The molecular formula is C21H25ClN2O5S. The van der Waals surface area contributed by atoms with E-state index in [4.69, 9.17) is 16.3 Å². The maximum Gasteiger partial charge on any atom is 0.338 e. The molecule has 0 unspecified atom stereocenters. The number of amides is 1. The maximum absolute atomic E-state index is 12.6. The summed E-state index contributed by atoms with van der Waals surface area (Å²) < 4.78 is 32.8. The van der Waals surface area contributed by atoms with Crippen LogP contribution in [-0.4, -0.2) is 39.0 Å². The molecule has 0 heterocycles. The number of benzene rings is 2. The predicted octanol–water partition coefficient (Wildman–Crippen LogP) is 3.63. The molecule has 0 spiro atoms. The van der Waals surface area contributed by atoms with Gasteiger partial charge in [-0.15, -0.1) is 0 Å². The molecule has 2 aromatic rings. The minimum atomic E-state index is -3.95. The minimum absolute atomic E-state index is 0.0238. The van der Waals surface area contributed by atoms with Crippen molar-refractivity contribution >= 4 is 39.2 Å². The average Bonchev–Trinajstić information content (AvgIpc) is 2.66. The summed E-state index contributed by atoms with van der Waals surface area (Å²) in [7, 11) is -3.95. The second kappa shape index (κ2) is 9.59. The van der Waals surface area contributed by atoms with Crippen molar-refractivity contribution in [2.45, 2.75) is 38.1 Å². The smallest absolute Gasteiger partial charge is 0.338 e. The highest BCUT2D eigenvalue weighted by Gasteiger charge is 2.26. The second-order valence-corrected chi connectivity index (χ2v) is 9.61. The molecule has 0 aliphatic rings. The molecule has 162 valence electrons. The van der Waals surface area contributed by atoms with Crippen molar-refractivity contribution in [3.8, 4) is 0 Å². The molecule has 1 N–H and O–H groups in total. The van der Waals surface area contributed by atoms with E-state index in [1.54, 1.807) is 45.0 Å². The van der Waals surface area contributed by atoms with E-state index in [2.05, 4.69) is 4.72 Å². The number of nitrogens with one attached hydrogen (secondary N) is 1. The van der Waals surface area contributed by atoms with Gasteiger partial charge in [-0.05, 0) is 58.0 Å². The predicted molar refractivity (Wildman–Crippen MR) is 116 cm³/mol. The third-order valence-corrected chi connectivity index (χ3v) is 6.15. The number of hydrogen-bond acceptors (Lipinski definition) is 5. The van der Waals surface area contributed by atoms with Crippen LogP contribution in [0.4, 0.5) is 5.69 Å². The standard InChI is InChI=1S/C21H25ClN2O5S/c1-5-24(16-9-7-6-8-10-16)19(25)14-29-20(26)15-11-12-17(22)18(13-15)30(27,28)23-21(2,3)4/h6-13,23H,5,14H2,1-4H3. The molecule has 0 saturated carbocycles. The fourth-order valence-corrected chi connectivity index (χ4v) is 4.64. The van der Waals surface area contributed by atoms with Crippen molar-refractivity contribution in [3.63, 3.8) is 0 Å². The van der Waals surface area contributed by atoms with Crippen molar-refractivity contribution in [3.05, 3.63) is 59.1 Å². The number of anilines is 1. The van der Waals surface area contributed by atoms with Crippen LogP contribution >= 0.6 is 11.6 Å². The summed E-state index contributed by atoms with van der Waals surface area (Å²) in [4.78, 5) is 26.1. The van der Waals surface area contributed by atoms with Crippen molar-refractivity contribution < 1.29 is 22.7 Å². The van der Waals surface area contributed by atoms with E-state index < -0.39 is 34.0 Å². The lowest BCUT2D eigenvalue weighted by Crippen LogP contribution is -2.40. The molecule has 1 amide bonds. The lowest BCUT2D eigenvalue weighted by atomic mass is 10.1. The lowest BCUT2D eigenvalue weighted by Gasteiger charge is -2.21. The number of para-hydroxylation sites is 1. The topological polar surface area (TPSA) is 92.8 Å². The Morgan fingerprint density at radius 1 is 1.10 bits per heavy atom. The van der Waals surface area contributed by atoms with Gasteiger partial charge in [-0.25, -0.2) is 17.9 Å². The Bertz CT molecular complexity index is 1020. The van der Waals surface area contributed by atoms with Crippen LogP contribution in [-0.2, 0) is 19.6 Å². The van der Waals surface area contributed by atoms with E-state index in [9.17, 15) is 18.0 Å². The summed E-state index contributed by atoms with van der Waals surface area (Å²) in [6, 6.07) is 12.8. The van der Waals surface area contributed by atoms with Crippen molar-refractivity contribution in [1.29, 1.82) is 0 Å². The van der Waals surface area contributed by atoms with Crippen LogP contribution in [0.5, 0.6) is 0 Å². The van der Waals surface area contributed by atoms with Crippen LogP contribution in [0.3, 0.4) is 0 Å². The fourth-order valence-electron chi connectivity index (χ4n) is 2.69. The summed E-state index contributed by atoms with van der Waals surface area (Å²) in [5.41, 5.74) is -0.0648. The number of rotatable bonds is 7. The van der Waals surface area contributed by atoms with Gasteiger partial charge in [-0.3, -0.25) is 4.79 Å². The molecule has 7 nitrogen and oxygen atoms in total. The molecule has 0 bridgehead atoms. The molecule has 2 aromatic carbocycles. The number of likely N-dealkylation sites (N-methyl/N-ethyl adjacent to an activating group) is 1. The van der Waals surface area contributed by atoms with Gasteiger partial charge >= 0.3 is 5.97 Å². The number of ether oxygens (including phenoxy) is 1. The summed E-state index contributed by atoms with van der Waals surface area (Å²) >= 11 is 6.04. The number of carbonyl (C=O) groups is 2. The highest BCUT2D eigenvalue weighted by atomic mass is 35.5. The number of nitrogens with zero attached hydrogens (tertiary/aromatic N) is 1. The summed E-state index contributed by atoms with van der Waals surface area (Å²) in [5.74, 6) is -1.22. The molecule has 0 aliphatic carbocycles. The molecule has 0 atom stereocenters. The Balaban J connectivity index is 2.15. The Morgan fingerprint density at radius 3 is 2.30 bits per heavy atom. The SMILES string of the molecule is CCN(C(=O)COC(=O)c1ccc(Cl)c(S(=O)(=O)NC(C)(C)C)c1)c1ccccc1. The van der Waals surface area contributed by atoms with Gasteiger partial charge in [0.05, 0.1) is 10.6 Å². The van der Waals surface area contributed by atoms with Gasteiger partial charge in [0.1, 0.15) is 4.90 Å². The van der Waals surface area contributed by atoms with Gasteiger partial charge in [-0.2, -0.15) is 0 Å². The summed E-state index contributed by atoms with van der Waals surface area (Å²) in [5, 5.41) is -0.0272. The Labute approximate surface area is 182 Å². The zero-order chi connectivity index (χ0) is 22.5. The van der Waals surface area contributed by atoms with Gasteiger partial charge in [0.25, 0.3) is 5.91 Å². The van der Waals surface area contributed by atoms with Gasteiger partial charge in [0, 0.05) is 17.8 Å². The molecule has 2 rings (SSSR count). The average molecular weight is 453 g/mol. The first-order valence-electron chi connectivity index (χ1n) is 9.30. The third-order valence-electron chi connectivity index (χ3n) is 3.91. The van der Waals surface area contributed by atoms with E-state index in [1.807, 2.05) is 13.0 Å². The van der Waals surface area contributed by atoms with Crippen LogP contribution < -0.4 is 9.62 Å². The Morgan fingerprint density at radius 2 is 1.73 bits per heavy atom. The number of esters is 1. The first-order chi connectivity index (χ1) is 13.9. The van der Waals surface area contributed by atoms with Crippen LogP contribution in [0.25, 0.3) is 0 Å². The van der Waals surface area contributed by atoms with Crippen molar-refractivity contribution in [2.75, 3.05) is 18.1 Å². The minimum Gasteiger partial charge on any atom is -0.452 e.